The van der Waals surface area contributed by atoms with Crippen molar-refractivity contribution in [3.8, 4) is 46.0 Å². The predicted octanol–water partition coefficient (Wildman–Crippen LogP) is 21.0. The van der Waals surface area contributed by atoms with Gasteiger partial charge < -0.3 is 40.9 Å². The second-order valence-electron chi connectivity index (χ2n) is 28.7. The van der Waals surface area contributed by atoms with Gasteiger partial charge in [0.1, 0.15) is 46.0 Å². The van der Waals surface area contributed by atoms with Gasteiger partial charge in [0.15, 0.2) is 0 Å². The van der Waals surface area contributed by atoms with Crippen LogP contribution in [0.2, 0.25) is 0 Å². The van der Waals surface area contributed by atoms with Gasteiger partial charge in [-0.25, -0.2) is 0 Å². The van der Waals surface area contributed by atoms with Gasteiger partial charge in [0, 0.05) is 34.1 Å². The van der Waals surface area contributed by atoms with Crippen LogP contribution in [0.3, 0.4) is 0 Å². The van der Waals surface area contributed by atoms with Gasteiger partial charge in [-0.15, -0.1) is 0 Å². The number of phenolic OH excluding ortho intramolecular Hbond substituents is 8. The van der Waals surface area contributed by atoms with E-state index in [4.69, 9.17) is 0 Å². The van der Waals surface area contributed by atoms with E-state index in [0.717, 1.165) is 90.3 Å². The molecule has 8 heteroatoms. The molecule has 4 aromatic carbocycles. The Balaban J connectivity index is 0.000000207. The monoisotopic (exact) mass is 1150 g/mol. The SMILES string of the molecule is CC1=CCC(C(C)C)C(c2c(O)cc(C)cc2O)C1.CC1=C[C@@H](c2c(O)cc(C)cc2O)[C@H](C(C)C)CC1.CCCCCCC(C)(C)c1cc(O)c([C@@H]2C=C(C)CC[C@H]2C(C)C)c(O)c1.Cc1cc(O)c([C@@H]2C[C@H](C)CC[C@H]2C(C)C)c(O)c1. The average Bonchev–Trinajstić information content (AvgIpc) is 3.53. The maximum absolute atomic E-state index is 10.9. The van der Waals surface area contributed by atoms with E-state index >= 15 is 0 Å². The summed E-state index contributed by atoms with van der Waals surface area (Å²) in [5.74, 6) is 7.48. The van der Waals surface area contributed by atoms with Gasteiger partial charge in [-0.05, 0) is 241 Å². The van der Waals surface area contributed by atoms with Crippen LogP contribution in [-0.2, 0) is 5.41 Å². The van der Waals surface area contributed by atoms with Crippen LogP contribution in [0.1, 0.15) is 262 Å². The summed E-state index contributed by atoms with van der Waals surface area (Å²) in [4.78, 5) is 0. The molecular formula is C76H114O8. The molecule has 0 radical (unpaired) electrons. The number of hydrogen-bond donors (Lipinski definition) is 8. The van der Waals surface area contributed by atoms with Crippen LogP contribution in [0.4, 0.5) is 0 Å². The fourth-order valence-electron chi connectivity index (χ4n) is 14.8. The molecule has 4 aliphatic carbocycles. The topological polar surface area (TPSA) is 162 Å². The van der Waals surface area contributed by atoms with Crippen molar-refractivity contribution in [3.63, 3.8) is 0 Å². The summed E-state index contributed by atoms with van der Waals surface area (Å²) < 4.78 is 0. The summed E-state index contributed by atoms with van der Waals surface area (Å²) in [6.45, 7) is 38.9. The summed E-state index contributed by atoms with van der Waals surface area (Å²) in [7, 11) is 0. The molecular weight excluding hydrogens is 1040 g/mol. The van der Waals surface area contributed by atoms with Crippen molar-refractivity contribution in [2.75, 3.05) is 0 Å². The number of rotatable bonds is 14. The van der Waals surface area contributed by atoms with Crippen molar-refractivity contribution >= 4 is 0 Å². The normalized spacial score (nSPS) is 23.6. The quantitative estimate of drug-likeness (QED) is 0.0457. The Morgan fingerprint density at radius 2 is 0.821 bits per heavy atom. The summed E-state index contributed by atoms with van der Waals surface area (Å²) >= 11 is 0. The summed E-state index contributed by atoms with van der Waals surface area (Å²) in [5.41, 5.74) is 10.7. The van der Waals surface area contributed by atoms with Crippen LogP contribution in [0.5, 0.6) is 46.0 Å². The van der Waals surface area contributed by atoms with E-state index in [1.165, 1.54) is 55.2 Å². The lowest BCUT2D eigenvalue weighted by Crippen LogP contribution is -2.26. The van der Waals surface area contributed by atoms with Gasteiger partial charge in [-0.1, -0.05) is 150 Å². The van der Waals surface area contributed by atoms with E-state index in [1.54, 1.807) is 36.4 Å². The second-order valence-corrected chi connectivity index (χ2v) is 28.7. The molecule has 1 fully saturated rings. The molecule has 0 heterocycles. The van der Waals surface area contributed by atoms with Gasteiger partial charge in [0.25, 0.3) is 0 Å². The Bertz CT molecular complexity index is 2780. The van der Waals surface area contributed by atoms with Gasteiger partial charge in [-0.3, -0.25) is 0 Å². The van der Waals surface area contributed by atoms with Crippen LogP contribution < -0.4 is 0 Å². The molecule has 9 atom stereocenters. The lowest BCUT2D eigenvalue weighted by Gasteiger charge is -2.38. The molecule has 8 nitrogen and oxygen atoms in total. The Hall–Kier alpha value is -5.50. The van der Waals surface area contributed by atoms with Crippen molar-refractivity contribution in [2.24, 2.45) is 53.3 Å². The first-order chi connectivity index (χ1) is 39.4. The maximum Gasteiger partial charge on any atom is 0.123 e. The third-order valence-corrected chi connectivity index (χ3v) is 19.8. The van der Waals surface area contributed by atoms with Crippen LogP contribution in [0, 0.1) is 74.0 Å². The molecule has 0 bridgehead atoms. The molecule has 0 aliphatic heterocycles. The molecule has 4 aliphatic rings. The standard InChI is InChI=1S/C25H40O2.C17H26O2.2C17H24O2/c1-7-8-9-10-13-25(5,6)19-15-22(26)24(23(27)16-19)21-14-18(4)11-12-20(21)17(2)3;3*1-10(2)13-6-5-11(3)7-14(13)17-15(18)8-12(4)9-16(17)19/h14-17,20-21,26-27H,7-13H2,1-6H3;8-11,13-14,18-19H,5-7H2,1-4H3;7-10,13-14,18-19H,5-6H2,1-4H3;5,8-10,13-14,18-19H,6-7H2,1-4H3/t20-,21+;11-,13+,14-;13-,14+;/m010./s1. The largest absolute Gasteiger partial charge is 0.508 e. The zero-order valence-corrected chi connectivity index (χ0v) is 55.3. The lowest BCUT2D eigenvalue weighted by atomic mass is 9.67. The highest BCUT2D eigenvalue weighted by molar-refractivity contribution is 5.54. The highest BCUT2D eigenvalue weighted by Gasteiger charge is 2.37. The Kier molecular flexibility index (Phi) is 25.3. The summed E-state index contributed by atoms with van der Waals surface area (Å²) in [5, 5.41) is 83.2. The molecule has 0 spiro atoms. The Morgan fingerprint density at radius 1 is 0.440 bits per heavy atom. The number of aromatic hydroxyl groups is 8. The van der Waals surface area contributed by atoms with Crippen molar-refractivity contribution < 1.29 is 40.9 Å². The molecule has 0 aromatic heterocycles. The third kappa shape index (κ3) is 18.0. The number of phenols is 8. The van der Waals surface area contributed by atoms with E-state index in [-0.39, 0.29) is 75.1 Å². The average molecular weight is 1160 g/mol. The van der Waals surface area contributed by atoms with Crippen molar-refractivity contribution in [1.82, 2.24) is 0 Å². The zero-order chi connectivity index (χ0) is 62.7. The van der Waals surface area contributed by atoms with E-state index in [2.05, 4.69) is 122 Å². The molecule has 0 saturated heterocycles. The van der Waals surface area contributed by atoms with E-state index in [0.29, 0.717) is 58.8 Å². The fraction of sp³-hybridized carbons (Fsp3) is 0.605. The van der Waals surface area contributed by atoms with E-state index in [9.17, 15) is 40.9 Å². The zero-order valence-electron chi connectivity index (χ0n) is 55.3. The van der Waals surface area contributed by atoms with Gasteiger partial charge >= 0.3 is 0 Å². The first-order valence-electron chi connectivity index (χ1n) is 32.5. The minimum atomic E-state index is -0.0446. The van der Waals surface area contributed by atoms with Crippen LogP contribution in [0.15, 0.2) is 83.5 Å². The molecule has 84 heavy (non-hydrogen) atoms. The number of unbranched alkanes of at least 4 members (excludes halogenated alkanes) is 3. The molecule has 1 saturated carbocycles. The van der Waals surface area contributed by atoms with Crippen molar-refractivity contribution in [2.45, 2.75) is 244 Å². The maximum atomic E-state index is 10.9. The third-order valence-electron chi connectivity index (χ3n) is 19.8. The van der Waals surface area contributed by atoms with Crippen molar-refractivity contribution in [1.29, 1.82) is 0 Å². The Morgan fingerprint density at radius 3 is 1.21 bits per heavy atom. The first-order valence-corrected chi connectivity index (χ1v) is 32.5. The smallest absolute Gasteiger partial charge is 0.123 e. The summed E-state index contributed by atoms with van der Waals surface area (Å²) in [6.07, 6.45) is 22.7. The summed E-state index contributed by atoms with van der Waals surface area (Å²) in [6, 6.07) is 14.3. The van der Waals surface area contributed by atoms with Crippen LogP contribution >= 0.6 is 0 Å². The van der Waals surface area contributed by atoms with E-state index < -0.39 is 0 Å². The minimum absolute atomic E-state index is 0.0446. The van der Waals surface area contributed by atoms with Gasteiger partial charge in [0.05, 0.1) is 0 Å². The second kappa shape index (κ2) is 30.7. The fourth-order valence-corrected chi connectivity index (χ4v) is 14.8. The minimum Gasteiger partial charge on any atom is -0.508 e. The number of hydrogen-bond acceptors (Lipinski definition) is 8. The first kappa shape index (κ1) is 69.3. The lowest BCUT2D eigenvalue weighted by molar-refractivity contribution is 0.192. The Labute approximate surface area is 509 Å². The molecule has 2 unspecified atom stereocenters. The van der Waals surface area contributed by atoms with E-state index in [1.807, 2.05) is 32.9 Å². The number of aryl methyl sites for hydroxylation is 3. The molecule has 0 amide bonds. The highest BCUT2D eigenvalue weighted by Crippen LogP contribution is 2.52. The predicted molar refractivity (Wildman–Crippen MR) is 351 cm³/mol. The van der Waals surface area contributed by atoms with Crippen LogP contribution in [-0.4, -0.2) is 40.9 Å². The molecule has 466 valence electrons. The van der Waals surface area contributed by atoms with Gasteiger partial charge in [0.2, 0.25) is 0 Å². The molecule has 8 N–H and O–H groups in total. The molecule has 4 aromatic rings. The number of benzene rings is 4. The highest BCUT2D eigenvalue weighted by atomic mass is 16.3. The van der Waals surface area contributed by atoms with Crippen LogP contribution in [0.25, 0.3) is 0 Å². The van der Waals surface area contributed by atoms with Gasteiger partial charge in [-0.2, -0.15) is 0 Å². The van der Waals surface area contributed by atoms with Crippen molar-refractivity contribution in [3.05, 3.63) is 128 Å². The molecule has 8 rings (SSSR count). The number of allylic oxidation sites excluding steroid dienone is 6.